The largest absolute Gasteiger partial charge is 0.394 e. The van der Waals surface area contributed by atoms with Crippen LogP contribution in [0.15, 0.2) is 6.20 Å². The van der Waals surface area contributed by atoms with E-state index in [0.29, 0.717) is 5.92 Å². The second kappa shape index (κ2) is 7.13. The first kappa shape index (κ1) is 16.8. The number of aliphatic hydroxyl groups is 1. The average molecular weight is 308 g/mol. The molecule has 1 aromatic rings. The third-order valence-electron chi connectivity index (χ3n) is 4.31. The molecule has 2 amide bonds. The van der Waals surface area contributed by atoms with Crippen LogP contribution in [0, 0.1) is 5.92 Å². The quantitative estimate of drug-likeness (QED) is 0.755. The molecular formula is C16H28N4O2. The minimum Gasteiger partial charge on any atom is -0.394 e. The average Bonchev–Trinajstić information content (AvgIpc) is 3.06. The molecule has 6 nitrogen and oxygen atoms in total. The third-order valence-corrected chi connectivity index (χ3v) is 4.31. The first-order valence-corrected chi connectivity index (χ1v) is 8.24. The van der Waals surface area contributed by atoms with Gasteiger partial charge in [-0.2, -0.15) is 5.10 Å². The highest BCUT2D eigenvalue weighted by atomic mass is 16.3. The van der Waals surface area contributed by atoms with Crippen LogP contribution in [0.1, 0.15) is 52.1 Å². The van der Waals surface area contributed by atoms with Crippen molar-refractivity contribution in [3.8, 4) is 0 Å². The molecular weight excluding hydrogens is 280 g/mol. The van der Waals surface area contributed by atoms with Gasteiger partial charge in [-0.1, -0.05) is 33.6 Å². The van der Waals surface area contributed by atoms with Gasteiger partial charge in [-0.15, -0.1) is 0 Å². The van der Waals surface area contributed by atoms with Gasteiger partial charge in [0.2, 0.25) is 0 Å². The fourth-order valence-corrected chi connectivity index (χ4v) is 3.16. The molecule has 1 fully saturated rings. The highest BCUT2D eigenvalue weighted by molar-refractivity contribution is 5.90. The lowest BCUT2D eigenvalue weighted by Gasteiger charge is -2.27. The molecule has 0 saturated heterocycles. The molecule has 0 atom stereocenters. The number of carbonyl (C=O) groups excluding carboxylic acids is 1. The minimum absolute atomic E-state index is 0.00628. The Bertz CT molecular complexity index is 504. The molecule has 0 aliphatic heterocycles. The standard InChI is InChI=1S/C16H28N4O2/c1-4-14-13(9-17-20(14)10-12(2)3)18-15(22)19-16(11-21)7-5-6-8-16/h9,12,21H,4-8,10-11H2,1-3H3,(H2,18,19,22). The zero-order valence-corrected chi connectivity index (χ0v) is 13.9. The Morgan fingerprint density at radius 2 is 2.14 bits per heavy atom. The zero-order chi connectivity index (χ0) is 16.2. The van der Waals surface area contributed by atoms with Gasteiger partial charge in [0.15, 0.2) is 0 Å². The topological polar surface area (TPSA) is 79.2 Å². The third kappa shape index (κ3) is 3.80. The molecule has 0 radical (unpaired) electrons. The molecule has 1 saturated carbocycles. The Hall–Kier alpha value is -1.56. The van der Waals surface area contributed by atoms with Crippen molar-refractivity contribution in [2.24, 2.45) is 5.92 Å². The van der Waals surface area contributed by atoms with Crippen molar-refractivity contribution >= 4 is 11.7 Å². The van der Waals surface area contributed by atoms with E-state index < -0.39 is 5.54 Å². The molecule has 124 valence electrons. The van der Waals surface area contributed by atoms with Crippen molar-refractivity contribution in [3.63, 3.8) is 0 Å². The number of hydrogen-bond acceptors (Lipinski definition) is 3. The molecule has 1 aliphatic carbocycles. The summed E-state index contributed by atoms with van der Waals surface area (Å²) in [5.74, 6) is 0.503. The van der Waals surface area contributed by atoms with Gasteiger partial charge >= 0.3 is 6.03 Å². The van der Waals surface area contributed by atoms with Crippen molar-refractivity contribution in [3.05, 3.63) is 11.9 Å². The lowest BCUT2D eigenvalue weighted by Crippen LogP contribution is -2.50. The van der Waals surface area contributed by atoms with Gasteiger partial charge in [0.1, 0.15) is 0 Å². The summed E-state index contributed by atoms with van der Waals surface area (Å²) in [6.45, 7) is 7.18. The number of nitrogens with one attached hydrogen (secondary N) is 2. The Morgan fingerprint density at radius 1 is 1.45 bits per heavy atom. The molecule has 1 heterocycles. The summed E-state index contributed by atoms with van der Waals surface area (Å²) in [5.41, 5.74) is 1.34. The van der Waals surface area contributed by atoms with Crippen LogP contribution in [-0.2, 0) is 13.0 Å². The van der Waals surface area contributed by atoms with E-state index in [1.165, 1.54) is 0 Å². The first-order valence-electron chi connectivity index (χ1n) is 8.24. The van der Waals surface area contributed by atoms with Crippen LogP contribution in [-0.4, -0.2) is 33.1 Å². The molecule has 3 N–H and O–H groups in total. The fourth-order valence-electron chi connectivity index (χ4n) is 3.16. The lowest BCUT2D eigenvalue weighted by atomic mass is 9.99. The first-order chi connectivity index (χ1) is 10.5. The number of anilines is 1. The maximum atomic E-state index is 12.3. The van der Waals surface area contributed by atoms with Crippen LogP contribution in [0.2, 0.25) is 0 Å². The smallest absolute Gasteiger partial charge is 0.319 e. The van der Waals surface area contributed by atoms with Crippen LogP contribution >= 0.6 is 0 Å². The Balaban J connectivity index is 2.03. The van der Waals surface area contributed by atoms with Crippen LogP contribution in [0.4, 0.5) is 10.5 Å². The van der Waals surface area contributed by atoms with Crippen molar-refractivity contribution in [1.29, 1.82) is 0 Å². The second-order valence-electron chi connectivity index (χ2n) is 6.66. The summed E-state index contributed by atoms with van der Waals surface area (Å²) in [5, 5.41) is 19.8. The molecule has 0 bridgehead atoms. The molecule has 6 heteroatoms. The molecule has 0 spiro atoms. The van der Waals surface area contributed by atoms with Crippen LogP contribution in [0.5, 0.6) is 0 Å². The molecule has 2 rings (SSSR count). The Morgan fingerprint density at radius 3 is 2.68 bits per heavy atom. The summed E-state index contributed by atoms with van der Waals surface area (Å²) >= 11 is 0. The van der Waals surface area contributed by atoms with Gasteiger partial charge in [-0.05, 0) is 25.2 Å². The number of urea groups is 1. The number of aromatic nitrogens is 2. The number of carbonyl (C=O) groups is 1. The van der Waals surface area contributed by atoms with E-state index in [0.717, 1.165) is 50.0 Å². The normalized spacial score (nSPS) is 17.0. The van der Waals surface area contributed by atoms with Gasteiger partial charge in [0, 0.05) is 6.54 Å². The van der Waals surface area contributed by atoms with Crippen molar-refractivity contribution in [2.45, 2.75) is 65.0 Å². The fraction of sp³-hybridized carbons (Fsp3) is 0.750. The van der Waals surface area contributed by atoms with Gasteiger partial charge < -0.3 is 15.7 Å². The number of rotatable bonds is 6. The monoisotopic (exact) mass is 308 g/mol. The number of aliphatic hydroxyl groups excluding tert-OH is 1. The molecule has 1 aromatic heterocycles. The summed E-state index contributed by atoms with van der Waals surface area (Å²) in [6, 6.07) is -0.255. The Kier molecular flexibility index (Phi) is 5.45. The number of nitrogens with zero attached hydrogens (tertiary/aromatic N) is 2. The van der Waals surface area contributed by atoms with E-state index in [-0.39, 0.29) is 12.6 Å². The summed E-state index contributed by atoms with van der Waals surface area (Å²) in [7, 11) is 0. The molecule has 0 unspecified atom stereocenters. The summed E-state index contributed by atoms with van der Waals surface area (Å²) in [4.78, 5) is 12.3. The van der Waals surface area contributed by atoms with Crippen LogP contribution in [0.3, 0.4) is 0 Å². The second-order valence-corrected chi connectivity index (χ2v) is 6.66. The van der Waals surface area contributed by atoms with E-state index in [9.17, 15) is 9.90 Å². The van der Waals surface area contributed by atoms with Crippen LogP contribution in [0.25, 0.3) is 0 Å². The van der Waals surface area contributed by atoms with Crippen molar-refractivity contribution in [1.82, 2.24) is 15.1 Å². The molecule has 22 heavy (non-hydrogen) atoms. The van der Waals surface area contributed by atoms with E-state index in [1.807, 2.05) is 4.68 Å². The maximum Gasteiger partial charge on any atom is 0.319 e. The van der Waals surface area contributed by atoms with Gasteiger partial charge in [0.25, 0.3) is 0 Å². The minimum atomic E-state index is -0.454. The predicted molar refractivity (Wildman–Crippen MR) is 86.9 cm³/mol. The number of hydrogen-bond donors (Lipinski definition) is 3. The summed E-state index contributed by atoms with van der Waals surface area (Å²) in [6.07, 6.45) is 6.30. The van der Waals surface area contributed by atoms with E-state index in [4.69, 9.17) is 0 Å². The van der Waals surface area contributed by atoms with Crippen molar-refractivity contribution in [2.75, 3.05) is 11.9 Å². The summed E-state index contributed by atoms with van der Waals surface area (Å²) < 4.78 is 1.96. The van der Waals surface area contributed by atoms with Gasteiger partial charge in [0.05, 0.1) is 29.7 Å². The lowest BCUT2D eigenvalue weighted by molar-refractivity contribution is 0.167. The molecule has 0 aromatic carbocycles. The Labute approximate surface area is 132 Å². The predicted octanol–water partition coefficient (Wildman–Crippen LogP) is 2.53. The van der Waals surface area contributed by atoms with Crippen molar-refractivity contribution < 1.29 is 9.90 Å². The van der Waals surface area contributed by atoms with Crippen LogP contribution < -0.4 is 10.6 Å². The highest BCUT2D eigenvalue weighted by Crippen LogP contribution is 2.29. The zero-order valence-electron chi connectivity index (χ0n) is 13.9. The number of amides is 2. The highest BCUT2D eigenvalue weighted by Gasteiger charge is 2.34. The SMILES string of the molecule is CCc1c(NC(=O)NC2(CO)CCCC2)cnn1CC(C)C. The van der Waals surface area contributed by atoms with Gasteiger partial charge in [-0.25, -0.2) is 4.79 Å². The molecule has 1 aliphatic rings. The van der Waals surface area contributed by atoms with E-state index in [1.54, 1.807) is 6.20 Å². The maximum absolute atomic E-state index is 12.3. The van der Waals surface area contributed by atoms with E-state index in [2.05, 4.69) is 36.5 Å². The van der Waals surface area contributed by atoms with E-state index >= 15 is 0 Å². The van der Waals surface area contributed by atoms with Gasteiger partial charge in [-0.3, -0.25) is 4.68 Å².